The van der Waals surface area contributed by atoms with Gasteiger partial charge in [0, 0.05) is 5.41 Å². The molecule has 2 N–H and O–H groups in total. The molecule has 0 saturated heterocycles. The molecule has 2 aliphatic carbocycles. The summed E-state index contributed by atoms with van der Waals surface area (Å²) < 4.78 is 0. The highest BCUT2D eigenvalue weighted by Gasteiger charge is 2.62. The van der Waals surface area contributed by atoms with Crippen molar-refractivity contribution in [3.63, 3.8) is 0 Å². The molecule has 2 heteroatoms. The van der Waals surface area contributed by atoms with Gasteiger partial charge in [-0.25, -0.2) is 0 Å². The number of allylic oxidation sites excluding steroid dienone is 2. The summed E-state index contributed by atoms with van der Waals surface area (Å²) in [5.74, 6) is 0.129. The van der Waals surface area contributed by atoms with Crippen molar-refractivity contribution < 1.29 is 10.2 Å². The largest absolute Gasteiger partial charge is 0.393 e. The number of hydrogen-bond donors (Lipinski definition) is 2. The third-order valence-electron chi connectivity index (χ3n) is 5.99. The first-order valence-corrected chi connectivity index (χ1v) is 6.47. The molecule has 0 bridgehead atoms. The first-order valence-electron chi connectivity index (χ1n) is 6.47. The van der Waals surface area contributed by atoms with E-state index in [1.165, 1.54) is 5.57 Å². The molecular weight excluding hydrogens is 212 g/mol. The molecule has 0 radical (unpaired) electrons. The second-order valence-corrected chi connectivity index (χ2v) is 6.25. The van der Waals surface area contributed by atoms with Crippen molar-refractivity contribution in [2.75, 3.05) is 0 Å². The van der Waals surface area contributed by atoms with Gasteiger partial charge in [-0.15, -0.1) is 0 Å². The van der Waals surface area contributed by atoms with Gasteiger partial charge in [-0.05, 0) is 36.7 Å². The van der Waals surface area contributed by atoms with Crippen LogP contribution in [0.1, 0.15) is 40.5 Å². The van der Waals surface area contributed by atoms with E-state index in [-0.39, 0.29) is 22.9 Å². The molecule has 2 aliphatic rings. The fraction of sp³-hybridized carbons (Fsp3) is 0.733. The van der Waals surface area contributed by atoms with Crippen molar-refractivity contribution in [1.82, 2.24) is 0 Å². The molecule has 5 atom stereocenters. The number of fused-ring (bicyclic) bond motifs is 1. The quantitative estimate of drug-likeness (QED) is 0.735. The van der Waals surface area contributed by atoms with Gasteiger partial charge in [0.05, 0.1) is 12.2 Å². The lowest BCUT2D eigenvalue weighted by molar-refractivity contribution is -0.0612. The van der Waals surface area contributed by atoms with Gasteiger partial charge in [-0.2, -0.15) is 0 Å². The second kappa shape index (κ2) is 3.69. The summed E-state index contributed by atoms with van der Waals surface area (Å²) in [6.07, 6.45) is 2.55. The zero-order valence-corrected chi connectivity index (χ0v) is 11.3. The maximum Gasteiger partial charge on any atom is 0.0645 e. The summed E-state index contributed by atoms with van der Waals surface area (Å²) in [6, 6.07) is 0. The monoisotopic (exact) mass is 236 g/mol. The van der Waals surface area contributed by atoms with E-state index in [4.69, 9.17) is 0 Å². The third kappa shape index (κ3) is 1.34. The molecule has 0 aromatic rings. The molecule has 96 valence electrons. The van der Waals surface area contributed by atoms with Gasteiger partial charge in [-0.1, -0.05) is 39.0 Å². The van der Waals surface area contributed by atoms with Crippen molar-refractivity contribution >= 4 is 0 Å². The van der Waals surface area contributed by atoms with Crippen LogP contribution >= 0.6 is 0 Å². The number of aliphatic hydroxyl groups excluding tert-OH is 2. The van der Waals surface area contributed by atoms with Crippen LogP contribution in [0.25, 0.3) is 0 Å². The van der Waals surface area contributed by atoms with Crippen molar-refractivity contribution in [2.24, 2.45) is 16.7 Å². The van der Waals surface area contributed by atoms with Gasteiger partial charge >= 0.3 is 0 Å². The predicted octanol–water partition coefficient (Wildman–Crippen LogP) is 2.67. The Kier molecular flexibility index (Phi) is 2.79. The van der Waals surface area contributed by atoms with E-state index in [1.807, 2.05) is 6.08 Å². The van der Waals surface area contributed by atoms with E-state index in [0.717, 1.165) is 12.0 Å². The lowest BCUT2D eigenvalue weighted by atomic mass is 9.54. The van der Waals surface area contributed by atoms with Crippen LogP contribution in [0, 0.1) is 16.7 Å². The van der Waals surface area contributed by atoms with Crippen molar-refractivity contribution in [1.29, 1.82) is 0 Å². The molecule has 5 unspecified atom stereocenters. The van der Waals surface area contributed by atoms with E-state index >= 15 is 0 Å². The van der Waals surface area contributed by atoms with E-state index in [9.17, 15) is 10.2 Å². The predicted molar refractivity (Wildman–Crippen MR) is 69.5 cm³/mol. The summed E-state index contributed by atoms with van der Waals surface area (Å²) >= 11 is 0. The van der Waals surface area contributed by atoms with Crippen LogP contribution in [0.5, 0.6) is 0 Å². The normalized spacial score (nSPS) is 50.4. The van der Waals surface area contributed by atoms with Gasteiger partial charge in [-0.3, -0.25) is 0 Å². The van der Waals surface area contributed by atoms with Crippen molar-refractivity contribution in [2.45, 2.75) is 52.7 Å². The minimum atomic E-state index is -0.392. The molecule has 1 fully saturated rings. The summed E-state index contributed by atoms with van der Waals surface area (Å²) in [6.45, 7) is 12.3. The molecule has 0 aromatic heterocycles. The molecule has 17 heavy (non-hydrogen) atoms. The molecule has 0 amide bonds. The maximum absolute atomic E-state index is 10.5. The summed E-state index contributed by atoms with van der Waals surface area (Å²) in [7, 11) is 0. The van der Waals surface area contributed by atoms with Gasteiger partial charge < -0.3 is 10.2 Å². The van der Waals surface area contributed by atoms with Crippen molar-refractivity contribution in [3.8, 4) is 0 Å². The van der Waals surface area contributed by atoms with Gasteiger partial charge in [0.25, 0.3) is 0 Å². The SMILES string of the molecule is C=CC1=C(C)C2(C)CC(O)C(C)C2(C)C(O)C1. The van der Waals surface area contributed by atoms with Gasteiger partial charge in [0.1, 0.15) is 0 Å². The van der Waals surface area contributed by atoms with E-state index in [2.05, 4.69) is 34.3 Å². The van der Waals surface area contributed by atoms with Crippen LogP contribution < -0.4 is 0 Å². The number of aliphatic hydroxyl groups is 2. The Bertz CT molecular complexity index is 384. The summed E-state index contributed by atoms with van der Waals surface area (Å²) in [5.41, 5.74) is 2.10. The standard InChI is InChI=1S/C15H24O2/c1-6-11-7-13(17)15(5)10(3)12(16)8-14(15,4)9(11)2/h6,10,12-13,16-17H,1,7-8H2,2-5H3. The highest BCUT2D eigenvalue weighted by Crippen LogP contribution is 2.64. The van der Waals surface area contributed by atoms with Crippen LogP contribution in [0.4, 0.5) is 0 Å². The highest BCUT2D eigenvalue weighted by atomic mass is 16.3. The zero-order valence-electron chi connectivity index (χ0n) is 11.3. The topological polar surface area (TPSA) is 40.5 Å². The molecule has 1 saturated carbocycles. The lowest BCUT2D eigenvalue weighted by Gasteiger charge is -2.51. The molecule has 2 rings (SSSR count). The lowest BCUT2D eigenvalue weighted by Crippen LogP contribution is -2.50. The second-order valence-electron chi connectivity index (χ2n) is 6.25. The van der Waals surface area contributed by atoms with Crippen molar-refractivity contribution in [3.05, 3.63) is 23.8 Å². The summed E-state index contributed by atoms with van der Waals surface area (Å²) in [5, 5.41) is 20.7. The first kappa shape index (κ1) is 12.8. The van der Waals surface area contributed by atoms with Crippen LogP contribution in [-0.2, 0) is 0 Å². The van der Waals surface area contributed by atoms with Gasteiger partial charge in [0.2, 0.25) is 0 Å². The van der Waals surface area contributed by atoms with Crippen LogP contribution in [0.15, 0.2) is 23.8 Å². The Morgan fingerprint density at radius 3 is 2.47 bits per heavy atom. The Balaban J connectivity index is 2.61. The highest BCUT2D eigenvalue weighted by molar-refractivity contribution is 5.37. The molecule has 0 aliphatic heterocycles. The Morgan fingerprint density at radius 1 is 1.35 bits per heavy atom. The maximum atomic E-state index is 10.5. The Hall–Kier alpha value is -0.600. The third-order valence-corrected chi connectivity index (χ3v) is 5.99. The molecule has 0 heterocycles. The number of rotatable bonds is 1. The van der Waals surface area contributed by atoms with Gasteiger partial charge in [0.15, 0.2) is 0 Å². The minimum Gasteiger partial charge on any atom is -0.393 e. The van der Waals surface area contributed by atoms with Crippen LogP contribution in [0.3, 0.4) is 0 Å². The Morgan fingerprint density at radius 2 is 1.94 bits per heavy atom. The smallest absolute Gasteiger partial charge is 0.0645 e. The molecular formula is C15H24O2. The summed E-state index contributed by atoms with van der Waals surface area (Å²) in [4.78, 5) is 0. The zero-order chi connectivity index (χ0) is 13.0. The van der Waals surface area contributed by atoms with Crippen LogP contribution in [-0.4, -0.2) is 22.4 Å². The molecule has 0 aromatic carbocycles. The average Bonchev–Trinajstić information content (AvgIpc) is 2.47. The molecule has 0 spiro atoms. The Labute approximate surface area is 104 Å². The average molecular weight is 236 g/mol. The van der Waals surface area contributed by atoms with E-state index < -0.39 is 6.10 Å². The first-order chi connectivity index (χ1) is 7.79. The minimum absolute atomic E-state index is 0.118. The van der Waals surface area contributed by atoms with Crippen LogP contribution in [0.2, 0.25) is 0 Å². The van der Waals surface area contributed by atoms with E-state index in [1.54, 1.807) is 0 Å². The molecule has 2 nitrogen and oxygen atoms in total. The van der Waals surface area contributed by atoms with E-state index in [0.29, 0.717) is 6.42 Å². The fourth-order valence-electron chi connectivity index (χ4n) is 4.11. The fourth-order valence-corrected chi connectivity index (χ4v) is 4.11. The number of hydrogen-bond acceptors (Lipinski definition) is 2.